The molecule has 174 valence electrons. The van der Waals surface area contributed by atoms with Crippen molar-refractivity contribution >= 4 is 17.5 Å². The van der Waals surface area contributed by atoms with Crippen LogP contribution in [0.15, 0.2) is 73.1 Å². The van der Waals surface area contributed by atoms with Crippen molar-refractivity contribution in [1.29, 1.82) is 0 Å². The van der Waals surface area contributed by atoms with E-state index in [1.807, 2.05) is 35.9 Å². The number of benzene rings is 2. The van der Waals surface area contributed by atoms with Crippen LogP contribution >= 0.6 is 0 Å². The number of carbonyl (C=O) groups is 2. The number of nitrogens with zero attached hydrogens (tertiary/aromatic N) is 2. The van der Waals surface area contributed by atoms with Gasteiger partial charge in [-0.25, -0.2) is 4.98 Å². The third-order valence-electron chi connectivity index (χ3n) is 5.19. The van der Waals surface area contributed by atoms with E-state index in [1.54, 1.807) is 36.4 Å². The highest BCUT2D eigenvalue weighted by atomic mass is 16.5. The van der Waals surface area contributed by atoms with Crippen molar-refractivity contribution in [2.24, 2.45) is 0 Å². The molecule has 0 atom stereocenters. The van der Waals surface area contributed by atoms with E-state index in [-0.39, 0.29) is 17.6 Å². The third kappa shape index (κ3) is 5.92. The summed E-state index contributed by atoms with van der Waals surface area (Å²) < 4.78 is 7.77. The van der Waals surface area contributed by atoms with Gasteiger partial charge >= 0.3 is 0 Å². The van der Waals surface area contributed by atoms with Crippen LogP contribution in [-0.2, 0) is 6.61 Å². The minimum Gasteiger partial charge on any atom is -0.508 e. The second-order valence-corrected chi connectivity index (χ2v) is 7.93. The molecule has 34 heavy (non-hydrogen) atoms. The average molecular weight is 459 g/mol. The number of phenols is 1. The highest BCUT2D eigenvalue weighted by Gasteiger charge is 2.08. The summed E-state index contributed by atoms with van der Waals surface area (Å²) in [4.78, 5) is 28.9. The molecule has 0 radical (unpaired) electrons. The van der Waals surface area contributed by atoms with Crippen LogP contribution in [0.5, 0.6) is 11.5 Å². The lowest BCUT2D eigenvalue weighted by Crippen LogP contribution is -2.29. The number of nitrogens with one attached hydrogen (secondary N) is 2. The van der Waals surface area contributed by atoms with Gasteiger partial charge in [-0.1, -0.05) is 12.1 Å². The van der Waals surface area contributed by atoms with Gasteiger partial charge in [-0.05, 0) is 67.4 Å². The molecule has 8 nitrogen and oxygen atoms in total. The van der Waals surface area contributed by atoms with Crippen molar-refractivity contribution in [3.8, 4) is 11.5 Å². The minimum absolute atomic E-state index is 0.0431. The number of rotatable bonds is 9. The van der Waals surface area contributed by atoms with Gasteiger partial charge in [0.1, 0.15) is 23.8 Å². The zero-order chi connectivity index (χ0) is 23.9. The largest absolute Gasteiger partial charge is 0.508 e. The van der Waals surface area contributed by atoms with Gasteiger partial charge in [-0.15, -0.1) is 0 Å². The number of hydrogen-bond donors (Lipinski definition) is 3. The minimum atomic E-state index is -0.267. The van der Waals surface area contributed by atoms with Gasteiger partial charge in [0.2, 0.25) is 0 Å². The molecule has 4 rings (SSSR count). The van der Waals surface area contributed by atoms with Crippen molar-refractivity contribution in [3.63, 3.8) is 0 Å². The number of fused-ring (bicyclic) bond motifs is 1. The second kappa shape index (κ2) is 10.5. The van der Waals surface area contributed by atoms with Crippen molar-refractivity contribution in [1.82, 2.24) is 20.0 Å². The summed E-state index contributed by atoms with van der Waals surface area (Å²) in [7, 11) is 0. The topological polar surface area (TPSA) is 105 Å². The standard InChI is InChI=1S/C26H26N4O4/c1-18-6-11-24-29-21(16-30(24)15-18)17-34-23-9-7-19(8-10-23)25(32)27-12-3-13-28-26(33)20-4-2-5-22(31)14-20/h2,4-11,14-16,31H,3,12-13,17H2,1H3,(H,27,32)(H,28,33). The number of aryl methyl sites for hydroxylation is 1. The van der Waals surface area contributed by atoms with Gasteiger partial charge < -0.3 is 24.9 Å². The zero-order valence-corrected chi connectivity index (χ0v) is 18.8. The normalized spacial score (nSPS) is 10.7. The first-order chi connectivity index (χ1) is 16.5. The lowest BCUT2D eigenvalue weighted by molar-refractivity contribution is 0.0951. The maximum Gasteiger partial charge on any atom is 0.251 e. The number of pyridine rings is 1. The van der Waals surface area contributed by atoms with Gasteiger partial charge in [0.05, 0.1) is 5.69 Å². The molecule has 2 heterocycles. The molecule has 0 spiro atoms. The van der Waals surface area contributed by atoms with Gasteiger partial charge in [-0.3, -0.25) is 9.59 Å². The van der Waals surface area contributed by atoms with E-state index in [4.69, 9.17) is 4.74 Å². The lowest BCUT2D eigenvalue weighted by Gasteiger charge is -2.08. The van der Waals surface area contributed by atoms with Crippen molar-refractivity contribution in [2.75, 3.05) is 13.1 Å². The van der Waals surface area contributed by atoms with E-state index in [0.29, 0.717) is 43.0 Å². The Morgan fingerprint density at radius 2 is 1.68 bits per heavy atom. The van der Waals surface area contributed by atoms with E-state index in [0.717, 1.165) is 16.9 Å². The van der Waals surface area contributed by atoms with E-state index in [1.165, 1.54) is 12.1 Å². The number of carbonyl (C=O) groups excluding carboxylic acids is 2. The molecule has 2 aromatic heterocycles. The highest BCUT2D eigenvalue weighted by molar-refractivity contribution is 5.95. The predicted molar refractivity (Wildman–Crippen MR) is 128 cm³/mol. The van der Waals surface area contributed by atoms with Crippen LogP contribution in [0.1, 0.15) is 38.4 Å². The molecule has 0 bridgehead atoms. The van der Waals surface area contributed by atoms with E-state index in [2.05, 4.69) is 15.6 Å². The van der Waals surface area contributed by atoms with Crippen LogP contribution in [0.4, 0.5) is 0 Å². The van der Waals surface area contributed by atoms with Crippen LogP contribution in [-0.4, -0.2) is 39.4 Å². The summed E-state index contributed by atoms with van der Waals surface area (Å²) in [6.07, 6.45) is 4.54. The molecular formula is C26H26N4O4. The third-order valence-corrected chi connectivity index (χ3v) is 5.19. The molecule has 2 aromatic carbocycles. The van der Waals surface area contributed by atoms with Gasteiger partial charge in [0, 0.05) is 36.6 Å². The molecule has 0 saturated heterocycles. The Morgan fingerprint density at radius 3 is 2.41 bits per heavy atom. The summed E-state index contributed by atoms with van der Waals surface area (Å²) in [5.41, 5.74) is 3.77. The van der Waals surface area contributed by atoms with Crippen molar-refractivity contribution in [3.05, 3.63) is 95.4 Å². The number of amides is 2. The molecular weight excluding hydrogens is 432 g/mol. The number of aromatic nitrogens is 2. The number of ether oxygens (including phenoxy) is 1. The Labute approximate surface area is 197 Å². The Balaban J connectivity index is 1.18. The summed E-state index contributed by atoms with van der Waals surface area (Å²) >= 11 is 0. The first-order valence-corrected chi connectivity index (χ1v) is 11.0. The lowest BCUT2D eigenvalue weighted by atomic mass is 10.2. The Hall–Kier alpha value is -4.33. The average Bonchev–Trinajstić information content (AvgIpc) is 3.24. The molecule has 0 aliphatic carbocycles. The fraction of sp³-hybridized carbons (Fsp3) is 0.192. The maximum atomic E-state index is 12.3. The molecule has 8 heteroatoms. The van der Waals surface area contributed by atoms with E-state index < -0.39 is 0 Å². The van der Waals surface area contributed by atoms with Gasteiger partial charge in [0.25, 0.3) is 11.8 Å². The fourth-order valence-corrected chi connectivity index (χ4v) is 3.43. The highest BCUT2D eigenvalue weighted by Crippen LogP contribution is 2.15. The Bertz CT molecular complexity index is 1300. The summed E-state index contributed by atoms with van der Waals surface area (Å²) in [5, 5.41) is 15.0. The molecule has 0 aliphatic heterocycles. The Kier molecular flexibility index (Phi) is 7.07. The molecule has 0 fully saturated rings. The Morgan fingerprint density at radius 1 is 0.941 bits per heavy atom. The quantitative estimate of drug-likeness (QED) is 0.333. The first-order valence-electron chi connectivity index (χ1n) is 11.0. The summed E-state index contributed by atoms with van der Waals surface area (Å²) in [6.45, 7) is 3.19. The molecule has 0 unspecified atom stereocenters. The second-order valence-electron chi connectivity index (χ2n) is 7.93. The van der Waals surface area contributed by atoms with Crippen LogP contribution in [0.2, 0.25) is 0 Å². The number of phenolic OH excluding ortho intramolecular Hbond substituents is 1. The number of hydrogen-bond acceptors (Lipinski definition) is 5. The number of imidazole rings is 1. The van der Waals surface area contributed by atoms with Crippen molar-refractivity contribution < 1.29 is 19.4 Å². The first kappa shape index (κ1) is 22.8. The fourth-order valence-electron chi connectivity index (χ4n) is 3.43. The van der Waals surface area contributed by atoms with E-state index >= 15 is 0 Å². The van der Waals surface area contributed by atoms with E-state index in [9.17, 15) is 14.7 Å². The summed E-state index contributed by atoms with van der Waals surface area (Å²) in [6, 6.07) is 17.1. The van der Waals surface area contributed by atoms with Crippen molar-refractivity contribution in [2.45, 2.75) is 20.0 Å². The summed E-state index contributed by atoms with van der Waals surface area (Å²) in [5.74, 6) is 0.235. The number of aromatic hydroxyl groups is 1. The van der Waals surface area contributed by atoms with Gasteiger partial charge in [0.15, 0.2) is 0 Å². The molecule has 4 aromatic rings. The van der Waals surface area contributed by atoms with Crippen LogP contribution in [0.3, 0.4) is 0 Å². The van der Waals surface area contributed by atoms with Crippen LogP contribution in [0.25, 0.3) is 5.65 Å². The molecule has 2 amide bonds. The monoisotopic (exact) mass is 458 g/mol. The van der Waals surface area contributed by atoms with Gasteiger partial charge in [-0.2, -0.15) is 0 Å². The zero-order valence-electron chi connectivity index (χ0n) is 18.8. The maximum absolute atomic E-state index is 12.3. The smallest absolute Gasteiger partial charge is 0.251 e. The van der Waals surface area contributed by atoms with Crippen LogP contribution < -0.4 is 15.4 Å². The molecule has 0 saturated carbocycles. The molecule has 3 N–H and O–H groups in total. The predicted octanol–water partition coefficient (Wildman–Crippen LogP) is 3.48. The SMILES string of the molecule is Cc1ccc2nc(COc3ccc(C(=O)NCCCNC(=O)c4cccc(O)c4)cc3)cn2c1. The molecule has 0 aliphatic rings. The van der Waals surface area contributed by atoms with Crippen LogP contribution in [0, 0.1) is 6.92 Å².